The smallest absolute Gasteiger partial charge is 0.183 e. The maximum atomic E-state index is 12.3. The van der Waals surface area contributed by atoms with Crippen molar-refractivity contribution in [2.24, 2.45) is 5.92 Å². The summed E-state index contributed by atoms with van der Waals surface area (Å²) in [7, 11) is -3.24. The summed E-state index contributed by atoms with van der Waals surface area (Å²) in [4.78, 5) is 0.406. The zero-order valence-electron chi connectivity index (χ0n) is 9.69. The lowest BCUT2D eigenvalue weighted by Crippen LogP contribution is -2.37. The van der Waals surface area contributed by atoms with E-state index in [-0.39, 0.29) is 5.92 Å². The van der Waals surface area contributed by atoms with Crippen molar-refractivity contribution in [3.8, 4) is 0 Å². The lowest BCUT2D eigenvalue weighted by Gasteiger charge is -2.28. The third kappa shape index (κ3) is 2.07. The second-order valence-corrected chi connectivity index (χ2v) is 7.11. The van der Waals surface area contributed by atoms with Crippen LogP contribution in [0, 0.1) is 5.92 Å². The highest BCUT2D eigenvalue weighted by Crippen LogP contribution is 2.31. The van der Waals surface area contributed by atoms with Gasteiger partial charge < -0.3 is 0 Å². The molecule has 0 amide bonds. The molecule has 0 aliphatic carbocycles. The molecule has 1 aromatic carbocycles. The Hall–Kier alpha value is -0.830. The van der Waals surface area contributed by atoms with Crippen LogP contribution in [-0.2, 0) is 9.84 Å². The predicted molar refractivity (Wildman–Crippen MR) is 62.5 cm³/mol. The van der Waals surface area contributed by atoms with Crippen LogP contribution in [-0.4, -0.2) is 13.2 Å². The van der Waals surface area contributed by atoms with E-state index in [1.165, 1.54) is 0 Å². The maximum absolute atomic E-state index is 12.3. The zero-order valence-corrected chi connectivity index (χ0v) is 10.5. The molecular formula is C12H18O2S. The van der Waals surface area contributed by atoms with Gasteiger partial charge in [0.05, 0.1) is 9.64 Å². The van der Waals surface area contributed by atoms with Crippen LogP contribution in [0.2, 0.25) is 0 Å². The van der Waals surface area contributed by atoms with Gasteiger partial charge in [-0.25, -0.2) is 8.42 Å². The van der Waals surface area contributed by atoms with E-state index in [0.29, 0.717) is 4.90 Å². The molecule has 0 aromatic heterocycles. The molecule has 0 fully saturated rings. The molecule has 0 bridgehead atoms. The average molecular weight is 226 g/mol. The molecule has 1 aromatic rings. The Kier molecular flexibility index (Phi) is 3.24. The maximum Gasteiger partial charge on any atom is 0.183 e. The van der Waals surface area contributed by atoms with E-state index in [4.69, 9.17) is 0 Å². The zero-order chi connectivity index (χ0) is 11.7. The summed E-state index contributed by atoms with van der Waals surface area (Å²) in [6.45, 7) is 7.42. The summed E-state index contributed by atoms with van der Waals surface area (Å²) in [6.07, 6.45) is 0. The van der Waals surface area contributed by atoms with E-state index >= 15 is 0 Å². The molecular weight excluding hydrogens is 208 g/mol. The van der Waals surface area contributed by atoms with Gasteiger partial charge in [0.25, 0.3) is 0 Å². The summed E-state index contributed by atoms with van der Waals surface area (Å²) >= 11 is 0. The third-order valence-electron chi connectivity index (χ3n) is 3.14. The highest BCUT2D eigenvalue weighted by molar-refractivity contribution is 7.92. The third-order valence-corrected chi connectivity index (χ3v) is 5.89. The molecule has 15 heavy (non-hydrogen) atoms. The molecule has 0 spiro atoms. The first kappa shape index (κ1) is 12.2. The van der Waals surface area contributed by atoms with Gasteiger partial charge in [-0.1, -0.05) is 32.0 Å². The Bertz CT molecular complexity index is 416. The van der Waals surface area contributed by atoms with Gasteiger partial charge in [0, 0.05) is 0 Å². The molecule has 3 heteroatoms. The van der Waals surface area contributed by atoms with Crippen molar-refractivity contribution in [2.75, 3.05) is 0 Å². The van der Waals surface area contributed by atoms with Gasteiger partial charge in [0.2, 0.25) is 0 Å². The molecule has 1 rings (SSSR count). The van der Waals surface area contributed by atoms with Crippen LogP contribution in [0.15, 0.2) is 35.2 Å². The highest BCUT2D eigenvalue weighted by atomic mass is 32.2. The number of sulfone groups is 1. The fourth-order valence-electron chi connectivity index (χ4n) is 1.21. The topological polar surface area (TPSA) is 34.1 Å². The fourth-order valence-corrected chi connectivity index (χ4v) is 2.96. The SMILES string of the molecule is CC(C)C(C)(C)S(=O)(=O)c1ccccc1. The average Bonchev–Trinajstić information content (AvgIpc) is 2.18. The van der Waals surface area contributed by atoms with Gasteiger partial charge in [0.1, 0.15) is 0 Å². The van der Waals surface area contributed by atoms with Crippen LogP contribution in [0.5, 0.6) is 0 Å². The van der Waals surface area contributed by atoms with Crippen molar-refractivity contribution >= 4 is 9.84 Å². The largest absolute Gasteiger partial charge is 0.223 e. The Morgan fingerprint density at radius 2 is 1.53 bits per heavy atom. The monoisotopic (exact) mass is 226 g/mol. The van der Waals surface area contributed by atoms with Crippen molar-refractivity contribution < 1.29 is 8.42 Å². The van der Waals surface area contributed by atoms with Crippen LogP contribution < -0.4 is 0 Å². The molecule has 0 N–H and O–H groups in total. The first-order chi connectivity index (χ1) is 6.80. The summed E-state index contributed by atoms with van der Waals surface area (Å²) in [5.41, 5.74) is 0. The van der Waals surface area contributed by atoms with Gasteiger partial charge in [0.15, 0.2) is 9.84 Å². The minimum atomic E-state index is -3.24. The van der Waals surface area contributed by atoms with Crippen LogP contribution in [0.25, 0.3) is 0 Å². The van der Waals surface area contributed by atoms with Gasteiger partial charge >= 0.3 is 0 Å². The van der Waals surface area contributed by atoms with Crippen molar-refractivity contribution in [1.29, 1.82) is 0 Å². The lowest BCUT2D eigenvalue weighted by atomic mass is 10.00. The van der Waals surface area contributed by atoms with E-state index in [9.17, 15) is 8.42 Å². The first-order valence-corrected chi connectivity index (χ1v) is 6.58. The molecule has 0 radical (unpaired) electrons. The summed E-state index contributed by atoms with van der Waals surface area (Å²) in [5.74, 6) is 0.0858. The summed E-state index contributed by atoms with van der Waals surface area (Å²) in [6, 6.07) is 8.63. The minimum absolute atomic E-state index is 0.0858. The van der Waals surface area contributed by atoms with Crippen molar-refractivity contribution in [2.45, 2.75) is 37.3 Å². The number of rotatable bonds is 3. The van der Waals surface area contributed by atoms with E-state index in [2.05, 4.69) is 0 Å². The van der Waals surface area contributed by atoms with Gasteiger partial charge in [-0.15, -0.1) is 0 Å². The second kappa shape index (κ2) is 3.97. The molecule has 0 unspecified atom stereocenters. The van der Waals surface area contributed by atoms with E-state index in [1.807, 2.05) is 19.9 Å². The van der Waals surface area contributed by atoms with Crippen molar-refractivity contribution in [1.82, 2.24) is 0 Å². The molecule has 0 aliphatic heterocycles. The first-order valence-electron chi connectivity index (χ1n) is 5.10. The van der Waals surface area contributed by atoms with Gasteiger partial charge in [-0.05, 0) is 31.9 Å². The predicted octanol–water partition coefficient (Wildman–Crippen LogP) is 2.89. The molecule has 0 aliphatic rings. The Balaban J connectivity index is 3.27. The molecule has 0 heterocycles. The minimum Gasteiger partial charge on any atom is -0.223 e. The Morgan fingerprint density at radius 3 is 1.93 bits per heavy atom. The normalized spacial score (nSPS) is 13.1. The molecule has 0 saturated heterocycles. The lowest BCUT2D eigenvalue weighted by molar-refractivity contribution is 0.454. The summed E-state index contributed by atoms with van der Waals surface area (Å²) < 4.78 is 23.9. The highest BCUT2D eigenvalue weighted by Gasteiger charge is 2.38. The van der Waals surface area contributed by atoms with E-state index in [0.717, 1.165) is 0 Å². The van der Waals surface area contributed by atoms with Gasteiger partial charge in [-0.2, -0.15) is 0 Å². The second-order valence-electron chi connectivity index (χ2n) is 4.57. The summed E-state index contributed by atoms with van der Waals surface area (Å²) in [5, 5.41) is 0. The molecule has 0 saturated carbocycles. The number of benzene rings is 1. The van der Waals surface area contributed by atoms with Crippen LogP contribution in [0.3, 0.4) is 0 Å². The molecule has 0 atom stereocenters. The number of hydrogen-bond acceptors (Lipinski definition) is 2. The van der Waals surface area contributed by atoms with Crippen LogP contribution in [0.1, 0.15) is 27.7 Å². The van der Waals surface area contributed by atoms with E-state index in [1.54, 1.807) is 38.1 Å². The number of hydrogen-bond donors (Lipinski definition) is 0. The van der Waals surface area contributed by atoms with Gasteiger partial charge in [-0.3, -0.25) is 0 Å². The molecule has 2 nitrogen and oxygen atoms in total. The van der Waals surface area contributed by atoms with E-state index < -0.39 is 14.6 Å². The Morgan fingerprint density at radius 1 is 1.07 bits per heavy atom. The quantitative estimate of drug-likeness (QED) is 0.794. The Labute approximate surface area is 92.2 Å². The molecule has 84 valence electrons. The standard InChI is InChI=1S/C12H18O2S/c1-10(2)12(3,4)15(13,14)11-8-6-5-7-9-11/h5-10H,1-4H3. The van der Waals surface area contributed by atoms with Crippen LogP contribution in [0.4, 0.5) is 0 Å². The fraction of sp³-hybridized carbons (Fsp3) is 0.500. The van der Waals surface area contributed by atoms with Crippen molar-refractivity contribution in [3.63, 3.8) is 0 Å². The van der Waals surface area contributed by atoms with Crippen LogP contribution >= 0.6 is 0 Å². The van der Waals surface area contributed by atoms with Crippen molar-refractivity contribution in [3.05, 3.63) is 30.3 Å².